The predicted molar refractivity (Wildman–Crippen MR) is 83.8 cm³/mol. The lowest BCUT2D eigenvalue weighted by Crippen LogP contribution is -1.81. The smallest absolute Gasteiger partial charge is 0.124 e. The number of hydrogen-bond donors (Lipinski definition) is 1. The second-order valence-corrected chi connectivity index (χ2v) is 4.93. The van der Waals surface area contributed by atoms with E-state index < -0.39 is 0 Å². The first-order valence-electron chi connectivity index (χ1n) is 6.24. The number of hydrogen-bond acceptors (Lipinski definition) is 2. The molecule has 0 aliphatic carbocycles. The summed E-state index contributed by atoms with van der Waals surface area (Å²) < 4.78 is 0. The first-order chi connectivity index (χ1) is 9.72. The van der Waals surface area contributed by atoms with Gasteiger partial charge in [-0.05, 0) is 41.5 Å². The molecule has 0 unspecified atom stereocenters. The van der Waals surface area contributed by atoms with Gasteiger partial charge in [0, 0.05) is 16.6 Å². The van der Waals surface area contributed by atoms with Crippen LogP contribution in [0.2, 0.25) is 5.02 Å². The van der Waals surface area contributed by atoms with Crippen LogP contribution in [0, 0.1) is 0 Å². The molecular formula is C17H12ClNO. The van der Waals surface area contributed by atoms with Gasteiger partial charge in [-0.15, -0.1) is 0 Å². The van der Waals surface area contributed by atoms with Gasteiger partial charge in [0.05, 0.1) is 5.52 Å². The third-order valence-corrected chi connectivity index (χ3v) is 3.31. The molecule has 0 amide bonds. The van der Waals surface area contributed by atoms with E-state index in [1.54, 1.807) is 18.3 Å². The fraction of sp³-hybridized carbons (Fsp3) is 0. The van der Waals surface area contributed by atoms with E-state index in [0.29, 0.717) is 0 Å². The molecule has 3 heteroatoms. The Morgan fingerprint density at radius 3 is 2.50 bits per heavy atom. The Kier molecular flexibility index (Phi) is 3.40. The number of nitrogens with zero attached hydrogens (tertiary/aromatic N) is 1. The molecule has 0 aliphatic rings. The molecule has 0 radical (unpaired) electrons. The topological polar surface area (TPSA) is 33.1 Å². The summed E-state index contributed by atoms with van der Waals surface area (Å²) >= 11 is 5.85. The summed E-state index contributed by atoms with van der Waals surface area (Å²) in [6, 6.07) is 14.9. The van der Waals surface area contributed by atoms with Crippen molar-refractivity contribution in [1.82, 2.24) is 4.98 Å². The fourth-order valence-electron chi connectivity index (χ4n) is 2.01. The van der Waals surface area contributed by atoms with Crippen LogP contribution >= 0.6 is 11.6 Å². The highest BCUT2D eigenvalue weighted by molar-refractivity contribution is 6.30. The van der Waals surface area contributed by atoms with Gasteiger partial charge in [-0.3, -0.25) is 4.98 Å². The Bertz CT molecular complexity index is 779. The van der Waals surface area contributed by atoms with Gasteiger partial charge in [-0.1, -0.05) is 42.0 Å². The number of benzene rings is 2. The van der Waals surface area contributed by atoms with Crippen molar-refractivity contribution in [1.29, 1.82) is 0 Å². The van der Waals surface area contributed by atoms with Gasteiger partial charge in [-0.25, -0.2) is 0 Å². The molecule has 0 bridgehead atoms. The molecule has 2 aromatic carbocycles. The monoisotopic (exact) mass is 281 g/mol. The van der Waals surface area contributed by atoms with E-state index in [-0.39, 0.29) is 5.75 Å². The highest BCUT2D eigenvalue weighted by atomic mass is 35.5. The molecule has 0 aliphatic heterocycles. The minimum absolute atomic E-state index is 0.247. The summed E-state index contributed by atoms with van der Waals surface area (Å²) in [7, 11) is 0. The van der Waals surface area contributed by atoms with Crippen molar-refractivity contribution in [2.45, 2.75) is 0 Å². The predicted octanol–water partition coefficient (Wildman–Crippen LogP) is 4.76. The normalized spacial score (nSPS) is 11.2. The van der Waals surface area contributed by atoms with Crippen molar-refractivity contribution in [2.24, 2.45) is 0 Å². The quantitative estimate of drug-likeness (QED) is 0.734. The van der Waals surface area contributed by atoms with Crippen molar-refractivity contribution < 1.29 is 5.11 Å². The number of fused-ring (bicyclic) bond motifs is 1. The summed E-state index contributed by atoms with van der Waals surface area (Å²) in [5.74, 6) is 0.247. The first-order valence-corrected chi connectivity index (χ1v) is 6.61. The van der Waals surface area contributed by atoms with Crippen LogP contribution in [0.3, 0.4) is 0 Å². The summed E-state index contributed by atoms with van der Waals surface area (Å²) in [6.07, 6.45) is 5.73. The molecule has 98 valence electrons. The standard InChI is InChI=1S/C17H12ClNO/c18-14-8-6-12(7-9-14)4-5-13-10-15-16(19-11-13)2-1-3-17(15)20/h1-11,20H/b5-4+. The summed E-state index contributed by atoms with van der Waals surface area (Å²) in [4.78, 5) is 4.34. The molecule has 1 N–H and O–H groups in total. The lowest BCUT2D eigenvalue weighted by molar-refractivity contribution is 0.481. The van der Waals surface area contributed by atoms with Crippen LogP contribution in [-0.4, -0.2) is 10.1 Å². The van der Waals surface area contributed by atoms with Crippen LogP contribution in [-0.2, 0) is 0 Å². The molecule has 1 aromatic heterocycles. The van der Waals surface area contributed by atoms with Crippen LogP contribution in [0.5, 0.6) is 5.75 Å². The molecule has 1 heterocycles. The molecular weight excluding hydrogens is 270 g/mol. The zero-order valence-electron chi connectivity index (χ0n) is 10.6. The van der Waals surface area contributed by atoms with Crippen LogP contribution < -0.4 is 0 Å². The number of phenols is 1. The van der Waals surface area contributed by atoms with E-state index in [1.165, 1.54) is 0 Å². The summed E-state index contributed by atoms with van der Waals surface area (Å²) in [5.41, 5.74) is 2.79. The average molecular weight is 282 g/mol. The maximum Gasteiger partial charge on any atom is 0.124 e. The second-order valence-electron chi connectivity index (χ2n) is 4.50. The minimum Gasteiger partial charge on any atom is -0.507 e. The number of rotatable bonds is 2. The highest BCUT2D eigenvalue weighted by Crippen LogP contribution is 2.24. The van der Waals surface area contributed by atoms with Gasteiger partial charge in [0.15, 0.2) is 0 Å². The molecule has 0 saturated carbocycles. The average Bonchev–Trinajstić information content (AvgIpc) is 2.47. The van der Waals surface area contributed by atoms with E-state index >= 15 is 0 Å². The van der Waals surface area contributed by atoms with E-state index in [0.717, 1.165) is 27.1 Å². The lowest BCUT2D eigenvalue weighted by Gasteiger charge is -2.01. The molecule has 0 atom stereocenters. The van der Waals surface area contributed by atoms with Gasteiger partial charge < -0.3 is 5.11 Å². The Morgan fingerprint density at radius 2 is 1.70 bits per heavy atom. The van der Waals surface area contributed by atoms with E-state index in [4.69, 9.17) is 11.6 Å². The summed E-state index contributed by atoms with van der Waals surface area (Å²) in [6.45, 7) is 0. The molecule has 2 nitrogen and oxygen atoms in total. The second kappa shape index (κ2) is 5.35. The SMILES string of the molecule is Oc1cccc2ncc(/C=C/c3ccc(Cl)cc3)cc12. The number of aromatic hydroxyl groups is 1. The van der Waals surface area contributed by atoms with Crippen LogP contribution in [0.15, 0.2) is 54.7 Å². The Balaban J connectivity index is 1.94. The van der Waals surface area contributed by atoms with E-state index in [9.17, 15) is 5.11 Å². The zero-order chi connectivity index (χ0) is 13.9. The molecule has 20 heavy (non-hydrogen) atoms. The largest absolute Gasteiger partial charge is 0.507 e. The summed E-state index contributed by atoms with van der Waals surface area (Å²) in [5, 5.41) is 11.3. The highest BCUT2D eigenvalue weighted by Gasteiger charge is 2.00. The third-order valence-electron chi connectivity index (χ3n) is 3.06. The molecule has 0 spiro atoms. The minimum atomic E-state index is 0.247. The van der Waals surface area contributed by atoms with Gasteiger partial charge in [0.2, 0.25) is 0 Å². The van der Waals surface area contributed by atoms with Gasteiger partial charge in [-0.2, -0.15) is 0 Å². The van der Waals surface area contributed by atoms with Crippen molar-refractivity contribution >= 4 is 34.7 Å². The number of pyridine rings is 1. The van der Waals surface area contributed by atoms with Gasteiger partial charge in [0.25, 0.3) is 0 Å². The van der Waals surface area contributed by atoms with Crippen LogP contribution in [0.1, 0.15) is 11.1 Å². The molecule has 3 rings (SSSR count). The zero-order valence-corrected chi connectivity index (χ0v) is 11.4. The Hall–Kier alpha value is -2.32. The van der Waals surface area contributed by atoms with E-state index in [2.05, 4.69) is 4.98 Å². The van der Waals surface area contributed by atoms with Crippen molar-refractivity contribution in [3.05, 3.63) is 70.9 Å². The molecule has 3 aromatic rings. The molecule has 0 saturated heterocycles. The molecule has 0 fully saturated rings. The number of phenolic OH excluding ortho intramolecular Hbond substituents is 1. The van der Waals surface area contributed by atoms with Gasteiger partial charge >= 0.3 is 0 Å². The van der Waals surface area contributed by atoms with Crippen molar-refractivity contribution in [2.75, 3.05) is 0 Å². The first kappa shape index (κ1) is 12.7. The van der Waals surface area contributed by atoms with Crippen molar-refractivity contribution in [3.8, 4) is 5.75 Å². The fourth-order valence-corrected chi connectivity index (χ4v) is 2.13. The van der Waals surface area contributed by atoms with Crippen LogP contribution in [0.4, 0.5) is 0 Å². The maximum absolute atomic E-state index is 9.83. The maximum atomic E-state index is 9.83. The number of halogens is 1. The third kappa shape index (κ3) is 2.65. The van der Waals surface area contributed by atoms with Gasteiger partial charge in [0.1, 0.15) is 5.75 Å². The van der Waals surface area contributed by atoms with Crippen LogP contribution in [0.25, 0.3) is 23.1 Å². The Morgan fingerprint density at radius 1 is 0.950 bits per heavy atom. The lowest BCUT2D eigenvalue weighted by atomic mass is 10.1. The van der Waals surface area contributed by atoms with E-state index in [1.807, 2.05) is 48.6 Å². The van der Waals surface area contributed by atoms with Crippen molar-refractivity contribution in [3.63, 3.8) is 0 Å². The Labute approximate surface area is 122 Å². The number of aromatic nitrogens is 1.